The zero-order chi connectivity index (χ0) is 15.9. The molecule has 2 aromatic rings. The second-order valence-corrected chi connectivity index (χ2v) is 4.65. The van der Waals surface area contributed by atoms with Crippen LogP contribution < -0.4 is 10.6 Å². The Morgan fingerprint density at radius 1 is 1.18 bits per heavy atom. The monoisotopic (exact) mass is 301 g/mol. The van der Waals surface area contributed by atoms with Crippen molar-refractivity contribution in [2.24, 2.45) is 0 Å². The van der Waals surface area contributed by atoms with Crippen molar-refractivity contribution >= 4 is 17.5 Å². The van der Waals surface area contributed by atoms with Crippen LogP contribution in [0, 0.1) is 5.82 Å². The normalized spacial score (nSPS) is 10.1. The molecule has 1 aromatic heterocycles. The largest absolute Gasteiger partial charge is 0.351 e. The number of hydrogen-bond donors (Lipinski definition) is 2. The Morgan fingerprint density at radius 2 is 2.00 bits per heavy atom. The van der Waals surface area contributed by atoms with Gasteiger partial charge in [0.1, 0.15) is 11.5 Å². The molecular weight excluding hydrogens is 285 g/mol. The Kier molecular flexibility index (Phi) is 5.19. The quantitative estimate of drug-likeness (QED) is 0.891. The van der Waals surface area contributed by atoms with Crippen molar-refractivity contribution in [3.8, 4) is 0 Å². The van der Waals surface area contributed by atoms with Crippen molar-refractivity contribution in [1.82, 2.24) is 10.3 Å². The Bertz CT molecular complexity index is 689. The van der Waals surface area contributed by atoms with Crippen LogP contribution in [0.25, 0.3) is 0 Å². The molecule has 6 heteroatoms. The molecule has 1 aromatic carbocycles. The third-order valence-electron chi connectivity index (χ3n) is 2.87. The van der Waals surface area contributed by atoms with Crippen molar-refractivity contribution < 1.29 is 14.0 Å². The second kappa shape index (κ2) is 7.31. The highest BCUT2D eigenvalue weighted by Gasteiger charge is 2.11. The molecule has 0 spiro atoms. The highest BCUT2D eigenvalue weighted by atomic mass is 19.1. The molecule has 0 unspecified atom stereocenters. The van der Waals surface area contributed by atoms with Gasteiger partial charge in [-0.05, 0) is 36.8 Å². The molecule has 0 aliphatic rings. The fourth-order valence-electron chi connectivity index (χ4n) is 1.79. The molecule has 5 nitrogen and oxygen atoms in total. The van der Waals surface area contributed by atoms with Crippen molar-refractivity contribution in [2.75, 3.05) is 11.9 Å². The Balaban J connectivity index is 2.11. The van der Waals surface area contributed by atoms with E-state index < -0.39 is 11.7 Å². The molecule has 2 amide bonds. The third-order valence-corrected chi connectivity index (χ3v) is 2.87. The zero-order valence-electron chi connectivity index (χ0n) is 12.1. The van der Waals surface area contributed by atoms with E-state index in [2.05, 4.69) is 15.6 Å². The van der Waals surface area contributed by atoms with Gasteiger partial charge in [0.05, 0.1) is 0 Å². The lowest BCUT2D eigenvalue weighted by Gasteiger charge is -2.07. The molecule has 114 valence electrons. The second-order valence-electron chi connectivity index (χ2n) is 4.65. The summed E-state index contributed by atoms with van der Waals surface area (Å²) in [7, 11) is 0. The topological polar surface area (TPSA) is 71.1 Å². The first-order valence-electron chi connectivity index (χ1n) is 6.91. The SMILES string of the molecule is CCCNC(=O)c1cc(C(=O)Nc2cccc(F)c2)ccn1. The van der Waals surface area contributed by atoms with E-state index in [0.29, 0.717) is 12.2 Å². The molecule has 0 aliphatic carbocycles. The van der Waals surface area contributed by atoms with Crippen LogP contribution in [0.15, 0.2) is 42.6 Å². The lowest BCUT2D eigenvalue weighted by Crippen LogP contribution is -2.25. The highest BCUT2D eigenvalue weighted by Crippen LogP contribution is 2.11. The summed E-state index contributed by atoms with van der Waals surface area (Å²) in [5.74, 6) is -1.20. The number of pyridine rings is 1. The number of carbonyl (C=O) groups is 2. The van der Waals surface area contributed by atoms with Crippen LogP contribution in [0.1, 0.15) is 34.2 Å². The van der Waals surface area contributed by atoms with Gasteiger partial charge in [0.15, 0.2) is 0 Å². The molecule has 0 aliphatic heterocycles. The smallest absolute Gasteiger partial charge is 0.269 e. The predicted molar refractivity (Wildman–Crippen MR) is 81.2 cm³/mol. The molecule has 2 rings (SSSR count). The van der Waals surface area contributed by atoms with E-state index >= 15 is 0 Å². The average Bonchev–Trinajstić information content (AvgIpc) is 2.52. The van der Waals surface area contributed by atoms with Gasteiger partial charge in [0.25, 0.3) is 11.8 Å². The zero-order valence-corrected chi connectivity index (χ0v) is 12.1. The molecular formula is C16H16FN3O2. The molecule has 0 saturated carbocycles. The standard InChI is InChI=1S/C16H16FN3O2/c1-2-7-19-16(22)14-9-11(6-8-18-14)15(21)20-13-5-3-4-12(17)10-13/h3-6,8-10H,2,7H2,1H3,(H,19,22)(H,20,21). The molecule has 0 fully saturated rings. The molecule has 0 saturated heterocycles. The first kappa shape index (κ1) is 15.6. The molecule has 1 heterocycles. The first-order chi connectivity index (χ1) is 10.6. The van der Waals surface area contributed by atoms with Crippen LogP contribution in [0.4, 0.5) is 10.1 Å². The number of rotatable bonds is 5. The lowest BCUT2D eigenvalue weighted by molar-refractivity contribution is 0.0948. The molecule has 22 heavy (non-hydrogen) atoms. The van der Waals surface area contributed by atoms with Gasteiger partial charge in [-0.3, -0.25) is 14.6 Å². The van der Waals surface area contributed by atoms with Crippen LogP contribution in [-0.4, -0.2) is 23.3 Å². The Hall–Kier alpha value is -2.76. The van der Waals surface area contributed by atoms with Crippen molar-refractivity contribution in [1.29, 1.82) is 0 Å². The summed E-state index contributed by atoms with van der Waals surface area (Å²) in [6.07, 6.45) is 2.20. The Morgan fingerprint density at radius 3 is 2.73 bits per heavy atom. The number of carbonyl (C=O) groups excluding carboxylic acids is 2. The molecule has 0 bridgehead atoms. The predicted octanol–water partition coefficient (Wildman–Crippen LogP) is 2.61. The number of aromatic nitrogens is 1. The van der Waals surface area contributed by atoms with E-state index in [1.165, 1.54) is 36.5 Å². The number of amides is 2. The fourth-order valence-corrected chi connectivity index (χ4v) is 1.79. The van der Waals surface area contributed by atoms with E-state index in [4.69, 9.17) is 0 Å². The van der Waals surface area contributed by atoms with E-state index in [1.54, 1.807) is 6.07 Å². The summed E-state index contributed by atoms with van der Waals surface area (Å²) in [4.78, 5) is 27.9. The number of halogens is 1. The van der Waals surface area contributed by atoms with Gasteiger partial charge < -0.3 is 10.6 Å². The van der Waals surface area contributed by atoms with Crippen LogP contribution in [-0.2, 0) is 0 Å². The van der Waals surface area contributed by atoms with Crippen molar-refractivity contribution in [3.05, 3.63) is 59.7 Å². The van der Waals surface area contributed by atoms with Crippen molar-refractivity contribution in [2.45, 2.75) is 13.3 Å². The summed E-state index contributed by atoms with van der Waals surface area (Å²) in [6, 6.07) is 8.48. The third kappa shape index (κ3) is 4.12. The van der Waals surface area contributed by atoms with E-state index in [9.17, 15) is 14.0 Å². The van der Waals surface area contributed by atoms with Crippen LogP contribution in [0.2, 0.25) is 0 Å². The maximum atomic E-state index is 13.1. The highest BCUT2D eigenvalue weighted by molar-refractivity contribution is 6.05. The van der Waals surface area contributed by atoms with Gasteiger partial charge >= 0.3 is 0 Å². The van der Waals surface area contributed by atoms with E-state index in [0.717, 1.165) is 6.42 Å². The van der Waals surface area contributed by atoms with Gasteiger partial charge in [-0.15, -0.1) is 0 Å². The van der Waals surface area contributed by atoms with Gasteiger partial charge in [-0.2, -0.15) is 0 Å². The summed E-state index contributed by atoms with van der Waals surface area (Å²) in [5, 5.41) is 5.26. The maximum Gasteiger partial charge on any atom is 0.269 e. The Labute approximate surface area is 127 Å². The lowest BCUT2D eigenvalue weighted by atomic mass is 10.2. The number of benzene rings is 1. The summed E-state index contributed by atoms with van der Waals surface area (Å²) < 4.78 is 13.1. The summed E-state index contributed by atoms with van der Waals surface area (Å²) in [5.41, 5.74) is 0.792. The fraction of sp³-hybridized carbons (Fsp3) is 0.188. The number of anilines is 1. The summed E-state index contributed by atoms with van der Waals surface area (Å²) >= 11 is 0. The number of hydrogen-bond acceptors (Lipinski definition) is 3. The van der Waals surface area contributed by atoms with E-state index in [1.807, 2.05) is 6.92 Å². The molecule has 2 N–H and O–H groups in total. The van der Waals surface area contributed by atoms with Gasteiger partial charge in [-0.25, -0.2) is 4.39 Å². The number of nitrogens with zero attached hydrogens (tertiary/aromatic N) is 1. The van der Waals surface area contributed by atoms with E-state index in [-0.39, 0.29) is 17.2 Å². The van der Waals surface area contributed by atoms with Crippen LogP contribution >= 0.6 is 0 Å². The first-order valence-corrected chi connectivity index (χ1v) is 6.91. The minimum absolute atomic E-state index is 0.167. The van der Waals surface area contributed by atoms with Gasteiger partial charge in [0, 0.05) is 24.0 Å². The maximum absolute atomic E-state index is 13.1. The van der Waals surface area contributed by atoms with Crippen LogP contribution in [0.5, 0.6) is 0 Å². The van der Waals surface area contributed by atoms with Crippen molar-refractivity contribution in [3.63, 3.8) is 0 Å². The minimum atomic E-state index is -0.438. The summed E-state index contributed by atoms with van der Waals surface area (Å²) in [6.45, 7) is 2.48. The average molecular weight is 301 g/mol. The minimum Gasteiger partial charge on any atom is -0.351 e. The van der Waals surface area contributed by atoms with Gasteiger partial charge in [-0.1, -0.05) is 13.0 Å². The van der Waals surface area contributed by atoms with Gasteiger partial charge in [0.2, 0.25) is 0 Å². The molecule has 0 radical (unpaired) electrons. The number of nitrogens with one attached hydrogen (secondary N) is 2. The molecule has 0 atom stereocenters. The van der Waals surface area contributed by atoms with Crippen LogP contribution in [0.3, 0.4) is 0 Å².